The molecule has 2 unspecified atom stereocenters. The van der Waals surface area contributed by atoms with Crippen molar-refractivity contribution < 1.29 is 9.53 Å². The molecular weight excluding hydrogens is 294 g/mol. The number of hydrogen-bond acceptors (Lipinski definition) is 3. The number of ether oxygens (including phenoxy) is 1. The molecule has 98 valence electrons. The summed E-state index contributed by atoms with van der Waals surface area (Å²) in [6.07, 6.45) is 0.444. The summed E-state index contributed by atoms with van der Waals surface area (Å²) in [6.45, 7) is 3.86. The standard InChI is InChI=1S/C14H18BrNO2/c1-9-7-16-8-12(9)13(17)6-10-5-11(15)3-4-14(10)18-2/h3-5,9,12,16H,6-8H2,1-2H3. The van der Waals surface area contributed by atoms with E-state index in [1.807, 2.05) is 18.2 Å². The van der Waals surface area contributed by atoms with E-state index in [1.165, 1.54) is 0 Å². The van der Waals surface area contributed by atoms with Crippen molar-refractivity contribution >= 4 is 21.7 Å². The minimum absolute atomic E-state index is 0.133. The Hall–Kier alpha value is -0.870. The third kappa shape index (κ3) is 2.93. The van der Waals surface area contributed by atoms with Gasteiger partial charge in [-0.3, -0.25) is 4.79 Å². The number of carbonyl (C=O) groups is 1. The van der Waals surface area contributed by atoms with Crippen LogP contribution < -0.4 is 10.1 Å². The van der Waals surface area contributed by atoms with Gasteiger partial charge in [-0.2, -0.15) is 0 Å². The molecule has 1 aliphatic heterocycles. The van der Waals surface area contributed by atoms with Crippen molar-refractivity contribution in [1.29, 1.82) is 0 Å². The van der Waals surface area contributed by atoms with Crippen LogP contribution in [0, 0.1) is 11.8 Å². The van der Waals surface area contributed by atoms with E-state index < -0.39 is 0 Å². The Labute approximate surface area is 116 Å². The SMILES string of the molecule is COc1ccc(Br)cc1CC(=O)C1CNCC1C. The summed E-state index contributed by atoms with van der Waals surface area (Å²) in [5.74, 6) is 1.64. The molecule has 1 aliphatic rings. The highest BCUT2D eigenvalue weighted by Gasteiger charge is 2.29. The van der Waals surface area contributed by atoms with Crippen LogP contribution in [0.1, 0.15) is 12.5 Å². The zero-order valence-corrected chi connectivity index (χ0v) is 12.3. The van der Waals surface area contributed by atoms with Gasteiger partial charge in [-0.15, -0.1) is 0 Å². The van der Waals surface area contributed by atoms with Gasteiger partial charge in [0.05, 0.1) is 7.11 Å². The van der Waals surface area contributed by atoms with Crippen LogP contribution in [-0.4, -0.2) is 26.0 Å². The van der Waals surface area contributed by atoms with Crippen molar-refractivity contribution in [1.82, 2.24) is 5.32 Å². The average molecular weight is 312 g/mol. The highest BCUT2D eigenvalue weighted by Crippen LogP contribution is 2.26. The largest absolute Gasteiger partial charge is 0.496 e. The lowest BCUT2D eigenvalue weighted by Gasteiger charge is -2.14. The number of halogens is 1. The lowest BCUT2D eigenvalue weighted by molar-refractivity contribution is -0.122. The van der Waals surface area contributed by atoms with Crippen molar-refractivity contribution in [3.05, 3.63) is 28.2 Å². The van der Waals surface area contributed by atoms with Gasteiger partial charge < -0.3 is 10.1 Å². The molecule has 1 N–H and O–H groups in total. The van der Waals surface area contributed by atoms with Crippen LogP contribution in [0.4, 0.5) is 0 Å². The molecule has 0 bridgehead atoms. The molecule has 0 aliphatic carbocycles. The van der Waals surface area contributed by atoms with Crippen molar-refractivity contribution in [2.45, 2.75) is 13.3 Å². The third-order valence-corrected chi connectivity index (χ3v) is 4.03. The molecule has 1 aromatic rings. The summed E-state index contributed by atoms with van der Waals surface area (Å²) < 4.78 is 6.28. The number of ketones is 1. The Morgan fingerprint density at radius 3 is 2.89 bits per heavy atom. The molecular formula is C14H18BrNO2. The van der Waals surface area contributed by atoms with E-state index in [4.69, 9.17) is 4.74 Å². The predicted octanol–water partition coefficient (Wildman–Crippen LogP) is 2.42. The molecule has 1 aromatic carbocycles. The second kappa shape index (κ2) is 5.85. The molecule has 0 radical (unpaired) electrons. The van der Waals surface area contributed by atoms with Crippen LogP contribution in [0.25, 0.3) is 0 Å². The summed E-state index contributed by atoms with van der Waals surface area (Å²) in [5.41, 5.74) is 0.955. The summed E-state index contributed by atoms with van der Waals surface area (Å²) in [7, 11) is 1.64. The monoisotopic (exact) mass is 311 g/mol. The molecule has 4 heteroatoms. The zero-order chi connectivity index (χ0) is 13.1. The van der Waals surface area contributed by atoms with E-state index in [1.54, 1.807) is 7.11 Å². The van der Waals surface area contributed by atoms with Gasteiger partial charge in [0, 0.05) is 28.9 Å². The van der Waals surface area contributed by atoms with Crippen LogP contribution in [0.2, 0.25) is 0 Å². The van der Waals surface area contributed by atoms with Gasteiger partial charge in [-0.05, 0) is 30.7 Å². The van der Waals surface area contributed by atoms with Gasteiger partial charge in [0.25, 0.3) is 0 Å². The highest BCUT2D eigenvalue weighted by atomic mass is 79.9. The molecule has 1 fully saturated rings. The van der Waals surface area contributed by atoms with Gasteiger partial charge in [-0.25, -0.2) is 0 Å². The maximum absolute atomic E-state index is 12.3. The first-order valence-corrected chi connectivity index (χ1v) is 6.97. The number of carbonyl (C=O) groups excluding carboxylic acids is 1. The maximum Gasteiger partial charge on any atom is 0.142 e. The summed E-state index contributed by atoms with van der Waals surface area (Å²) in [5, 5.41) is 3.27. The quantitative estimate of drug-likeness (QED) is 0.928. The van der Waals surface area contributed by atoms with Gasteiger partial charge in [-0.1, -0.05) is 22.9 Å². The number of rotatable bonds is 4. The third-order valence-electron chi connectivity index (χ3n) is 3.54. The Morgan fingerprint density at radius 1 is 1.50 bits per heavy atom. The molecule has 18 heavy (non-hydrogen) atoms. The minimum Gasteiger partial charge on any atom is -0.496 e. The van der Waals surface area contributed by atoms with E-state index in [9.17, 15) is 4.79 Å². The van der Waals surface area contributed by atoms with Gasteiger partial charge in [0.1, 0.15) is 11.5 Å². The molecule has 2 rings (SSSR count). The van der Waals surface area contributed by atoms with Crippen molar-refractivity contribution in [3.63, 3.8) is 0 Å². The fraction of sp³-hybridized carbons (Fsp3) is 0.500. The maximum atomic E-state index is 12.3. The number of hydrogen-bond donors (Lipinski definition) is 1. The molecule has 1 saturated heterocycles. The topological polar surface area (TPSA) is 38.3 Å². The van der Waals surface area contributed by atoms with Crippen molar-refractivity contribution in [3.8, 4) is 5.75 Å². The first kappa shape index (κ1) is 13.6. The first-order valence-electron chi connectivity index (χ1n) is 6.17. The second-order valence-electron chi connectivity index (χ2n) is 4.84. The van der Waals surface area contributed by atoms with Crippen LogP contribution >= 0.6 is 15.9 Å². The summed E-state index contributed by atoms with van der Waals surface area (Å²) >= 11 is 3.43. The van der Waals surface area contributed by atoms with E-state index >= 15 is 0 Å². The average Bonchev–Trinajstić information content (AvgIpc) is 2.76. The molecule has 0 saturated carbocycles. The Bertz CT molecular complexity index is 447. The fourth-order valence-corrected chi connectivity index (χ4v) is 2.85. The van der Waals surface area contributed by atoms with Gasteiger partial charge in [0.15, 0.2) is 0 Å². The smallest absolute Gasteiger partial charge is 0.142 e. The van der Waals surface area contributed by atoms with Crippen LogP contribution in [0.5, 0.6) is 5.75 Å². The van der Waals surface area contributed by atoms with Crippen LogP contribution in [0.15, 0.2) is 22.7 Å². The van der Waals surface area contributed by atoms with Crippen molar-refractivity contribution in [2.24, 2.45) is 11.8 Å². The second-order valence-corrected chi connectivity index (χ2v) is 5.76. The van der Waals surface area contributed by atoms with E-state index in [-0.39, 0.29) is 5.92 Å². The highest BCUT2D eigenvalue weighted by molar-refractivity contribution is 9.10. The van der Waals surface area contributed by atoms with Crippen LogP contribution in [-0.2, 0) is 11.2 Å². The van der Waals surface area contributed by atoms with E-state index in [0.29, 0.717) is 18.1 Å². The Kier molecular flexibility index (Phi) is 4.40. The lowest BCUT2D eigenvalue weighted by atomic mass is 9.90. The van der Waals surface area contributed by atoms with Gasteiger partial charge in [0.2, 0.25) is 0 Å². The number of nitrogens with one attached hydrogen (secondary N) is 1. The Morgan fingerprint density at radius 2 is 2.28 bits per heavy atom. The predicted molar refractivity (Wildman–Crippen MR) is 74.9 cm³/mol. The summed E-state index contributed by atoms with van der Waals surface area (Å²) in [6, 6.07) is 5.78. The molecule has 2 atom stereocenters. The van der Waals surface area contributed by atoms with Crippen LogP contribution in [0.3, 0.4) is 0 Å². The molecule has 0 amide bonds. The van der Waals surface area contributed by atoms with Crippen molar-refractivity contribution in [2.75, 3.05) is 20.2 Å². The van der Waals surface area contributed by atoms with E-state index in [0.717, 1.165) is 28.9 Å². The Balaban J connectivity index is 2.13. The lowest BCUT2D eigenvalue weighted by Crippen LogP contribution is -2.23. The minimum atomic E-state index is 0.133. The molecule has 0 spiro atoms. The molecule has 3 nitrogen and oxygen atoms in total. The zero-order valence-electron chi connectivity index (χ0n) is 10.7. The van der Waals surface area contributed by atoms with E-state index in [2.05, 4.69) is 28.2 Å². The fourth-order valence-electron chi connectivity index (χ4n) is 2.45. The molecule has 1 heterocycles. The molecule has 0 aromatic heterocycles. The summed E-state index contributed by atoms with van der Waals surface area (Å²) in [4.78, 5) is 12.3. The number of benzene rings is 1. The number of methoxy groups -OCH3 is 1. The normalized spacial score (nSPS) is 23.1. The number of Topliss-reactive ketones (excluding diaryl/α,β-unsaturated/α-hetero) is 1. The first-order chi connectivity index (χ1) is 8.61. The van der Waals surface area contributed by atoms with Gasteiger partial charge >= 0.3 is 0 Å².